The maximum absolute atomic E-state index is 12.1. The third-order valence-electron chi connectivity index (χ3n) is 3.33. The first-order valence-corrected chi connectivity index (χ1v) is 8.47. The van der Waals surface area contributed by atoms with Gasteiger partial charge in [-0.15, -0.1) is 0 Å². The third-order valence-corrected chi connectivity index (χ3v) is 4.02. The number of methoxy groups -OCH3 is 1. The summed E-state index contributed by atoms with van der Waals surface area (Å²) in [6, 6.07) is 8.10. The maximum atomic E-state index is 12.1. The van der Waals surface area contributed by atoms with Crippen LogP contribution in [0.3, 0.4) is 0 Å². The lowest BCUT2D eigenvalue weighted by Gasteiger charge is -2.13. The van der Waals surface area contributed by atoms with E-state index in [1.165, 1.54) is 25.3 Å². The summed E-state index contributed by atoms with van der Waals surface area (Å²) in [4.78, 5) is 23.8. The molecule has 0 aliphatic rings. The van der Waals surface area contributed by atoms with Crippen LogP contribution in [0.15, 0.2) is 34.8 Å². The topological polar surface area (TPSA) is 61.8 Å². The lowest BCUT2D eigenvalue weighted by molar-refractivity contribution is -0.136. The van der Waals surface area contributed by atoms with Crippen LogP contribution in [0.1, 0.15) is 21.5 Å². The number of halogens is 2. The van der Waals surface area contributed by atoms with Crippen molar-refractivity contribution >= 4 is 39.5 Å². The number of hydrogen-bond donors (Lipinski definition) is 0. The molecule has 0 aliphatic carbocycles. The minimum absolute atomic E-state index is 0.0640. The van der Waals surface area contributed by atoms with Crippen molar-refractivity contribution < 1.29 is 23.8 Å². The highest BCUT2D eigenvalue weighted by Crippen LogP contribution is 2.28. The van der Waals surface area contributed by atoms with Gasteiger partial charge in [0.05, 0.1) is 7.11 Å². The average molecular weight is 428 g/mol. The summed E-state index contributed by atoms with van der Waals surface area (Å²) in [5.74, 6) is -0.612. The van der Waals surface area contributed by atoms with Crippen LogP contribution in [0, 0.1) is 13.8 Å². The Hall–Kier alpha value is -2.05. The Bertz CT molecular complexity index is 796. The van der Waals surface area contributed by atoms with Crippen LogP contribution in [-0.4, -0.2) is 25.7 Å². The van der Waals surface area contributed by atoms with E-state index in [2.05, 4.69) is 20.7 Å². The minimum Gasteiger partial charge on any atom is -0.481 e. The van der Waals surface area contributed by atoms with Crippen molar-refractivity contribution in [2.75, 3.05) is 13.7 Å². The van der Waals surface area contributed by atoms with Crippen LogP contribution in [-0.2, 0) is 9.53 Å². The number of ether oxygens (including phenoxy) is 3. The van der Waals surface area contributed by atoms with E-state index in [1.54, 1.807) is 0 Å². The van der Waals surface area contributed by atoms with Gasteiger partial charge in [0.1, 0.15) is 17.1 Å². The molecule has 0 saturated heterocycles. The van der Waals surface area contributed by atoms with Gasteiger partial charge in [-0.05, 0) is 55.3 Å². The smallest absolute Gasteiger partial charge is 0.349 e. The Labute approximate surface area is 159 Å². The van der Waals surface area contributed by atoms with E-state index < -0.39 is 11.9 Å². The van der Waals surface area contributed by atoms with Crippen LogP contribution >= 0.6 is 27.5 Å². The van der Waals surface area contributed by atoms with Gasteiger partial charge in [0.25, 0.3) is 0 Å². The van der Waals surface area contributed by atoms with Gasteiger partial charge in [-0.3, -0.25) is 0 Å². The van der Waals surface area contributed by atoms with Crippen molar-refractivity contribution in [3.05, 3.63) is 56.5 Å². The van der Waals surface area contributed by atoms with Crippen molar-refractivity contribution in [1.82, 2.24) is 0 Å². The van der Waals surface area contributed by atoms with Crippen LogP contribution in [0.25, 0.3) is 0 Å². The van der Waals surface area contributed by atoms with Gasteiger partial charge in [0, 0.05) is 9.50 Å². The number of esters is 2. The summed E-state index contributed by atoms with van der Waals surface area (Å²) < 4.78 is 16.4. The normalized spacial score (nSPS) is 10.3. The molecule has 0 unspecified atom stereocenters. The maximum Gasteiger partial charge on any atom is 0.349 e. The van der Waals surface area contributed by atoms with Gasteiger partial charge < -0.3 is 14.2 Å². The number of rotatable bonds is 5. The molecule has 0 bridgehead atoms. The monoisotopic (exact) mass is 426 g/mol. The average Bonchev–Trinajstić information content (AvgIpc) is 2.54. The highest BCUT2D eigenvalue weighted by Gasteiger charge is 2.17. The first-order chi connectivity index (χ1) is 11.8. The molecule has 7 heteroatoms. The SMILES string of the molecule is COC(=O)c1cc(Cl)ccc1OC(=O)COc1c(C)cc(Br)cc1C. The lowest BCUT2D eigenvalue weighted by atomic mass is 10.1. The Morgan fingerprint density at radius 2 is 1.76 bits per heavy atom. The molecule has 0 amide bonds. The predicted molar refractivity (Wildman–Crippen MR) is 97.5 cm³/mol. The zero-order chi connectivity index (χ0) is 18.6. The van der Waals surface area contributed by atoms with Gasteiger partial charge in [-0.2, -0.15) is 0 Å². The minimum atomic E-state index is -0.647. The van der Waals surface area contributed by atoms with Crippen molar-refractivity contribution in [3.63, 3.8) is 0 Å². The fourth-order valence-corrected chi connectivity index (χ4v) is 3.13. The molecule has 0 saturated carbocycles. The molecule has 2 aromatic rings. The molecule has 0 radical (unpaired) electrons. The molecule has 2 rings (SSSR count). The molecule has 25 heavy (non-hydrogen) atoms. The fourth-order valence-electron chi connectivity index (χ4n) is 2.27. The third kappa shape index (κ3) is 4.96. The van der Waals surface area contributed by atoms with E-state index in [-0.39, 0.29) is 17.9 Å². The van der Waals surface area contributed by atoms with Crippen LogP contribution < -0.4 is 9.47 Å². The fraction of sp³-hybridized carbons (Fsp3) is 0.222. The predicted octanol–water partition coefficient (Wildman–Crippen LogP) is 4.49. The molecule has 0 fully saturated rings. The number of carbonyl (C=O) groups is 2. The molecule has 0 aliphatic heterocycles. The van der Waals surface area contributed by atoms with Gasteiger partial charge in [0.15, 0.2) is 6.61 Å². The molecule has 5 nitrogen and oxygen atoms in total. The second-order valence-electron chi connectivity index (χ2n) is 5.26. The largest absolute Gasteiger partial charge is 0.481 e. The molecular weight excluding hydrogens is 412 g/mol. The number of hydrogen-bond acceptors (Lipinski definition) is 5. The van der Waals surface area contributed by atoms with E-state index in [9.17, 15) is 9.59 Å². The molecule has 0 atom stereocenters. The van der Waals surface area contributed by atoms with Crippen molar-refractivity contribution in [1.29, 1.82) is 0 Å². The molecule has 0 spiro atoms. The highest BCUT2D eigenvalue weighted by atomic mass is 79.9. The summed E-state index contributed by atoms with van der Waals surface area (Å²) in [6.07, 6.45) is 0. The Balaban J connectivity index is 2.10. The van der Waals surface area contributed by atoms with Gasteiger partial charge in [-0.1, -0.05) is 27.5 Å². The molecule has 0 heterocycles. The summed E-state index contributed by atoms with van der Waals surface area (Å²) in [7, 11) is 1.23. The highest BCUT2D eigenvalue weighted by molar-refractivity contribution is 9.10. The van der Waals surface area contributed by atoms with E-state index in [4.69, 9.17) is 21.1 Å². The standard InChI is InChI=1S/C18H16BrClO5/c1-10-6-12(19)7-11(2)17(10)24-9-16(21)25-15-5-4-13(20)8-14(15)18(22)23-3/h4-8H,9H2,1-3H3. The summed E-state index contributed by atoms with van der Waals surface area (Å²) in [5.41, 5.74) is 1.85. The first kappa shape index (κ1) is 19.3. The van der Waals surface area contributed by atoms with Gasteiger partial charge in [-0.25, -0.2) is 9.59 Å². The summed E-state index contributed by atoms with van der Waals surface area (Å²) >= 11 is 9.27. The van der Waals surface area contributed by atoms with Gasteiger partial charge in [0.2, 0.25) is 0 Å². The molecule has 0 aromatic heterocycles. The molecular formula is C18H16BrClO5. The summed E-state index contributed by atoms with van der Waals surface area (Å²) in [6.45, 7) is 3.46. The second-order valence-corrected chi connectivity index (χ2v) is 6.62. The number of carbonyl (C=O) groups excluding carboxylic acids is 2. The number of benzene rings is 2. The molecule has 2 aromatic carbocycles. The van der Waals surface area contributed by atoms with Crippen LogP contribution in [0.4, 0.5) is 0 Å². The number of aryl methyl sites for hydroxylation is 2. The Morgan fingerprint density at radius 1 is 1.12 bits per heavy atom. The lowest BCUT2D eigenvalue weighted by Crippen LogP contribution is -2.19. The molecule has 132 valence electrons. The Kier molecular flexibility index (Phi) is 6.45. The van der Waals surface area contributed by atoms with E-state index in [1.807, 2.05) is 26.0 Å². The Morgan fingerprint density at radius 3 is 2.36 bits per heavy atom. The van der Waals surface area contributed by atoms with Crippen molar-refractivity contribution in [3.8, 4) is 11.5 Å². The quantitative estimate of drug-likeness (QED) is 0.520. The van der Waals surface area contributed by atoms with Crippen molar-refractivity contribution in [2.45, 2.75) is 13.8 Å². The van der Waals surface area contributed by atoms with Crippen LogP contribution in [0.5, 0.6) is 11.5 Å². The van der Waals surface area contributed by atoms with Crippen molar-refractivity contribution in [2.24, 2.45) is 0 Å². The summed E-state index contributed by atoms with van der Waals surface area (Å²) in [5, 5.41) is 0.331. The zero-order valence-corrected chi connectivity index (χ0v) is 16.2. The zero-order valence-electron chi connectivity index (χ0n) is 13.9. The van der Waals surface area contributed by atoms with E-state index in [0.717, 1.165) is 15.6 Å². The van der Waals surface area contributed by atoms with E-state index in [0.29, 0.717) is 10.8 Å². The molecule has 0 N–H and O–H groups in total. The second kappa shape index (κ2) is 8.36. The van der Waals surface area contributed by atoms with Crippen LogP contribution in [0.2, 0.25) is 5.02 Å². The van der Waals surface area contributed by atoms with E-state index >= 15 is 0 Å². The first-order valence-electron chi connectivity index (χ1n) is 7.30. The van der Waals surface area contributed by atoms with Gasteiger partial charge >= 0.3 is 11.9 Å².